The Bertz CT molecular complexity index is 1930. The maximum Gasteiger partial charge on any atom is 0.319 e. The lowest BCUT2D eigenvalue weighted by atomic mass is 9.94. The topological polar surface area (TPSA) is 116 Å². The summed E-state index contributed by atoms with van der Waals surface area (Å²) in [5, 5.41) is 25.8. The Hall–Kier alpha value is -3.87. The van der Waals surface area contributed by atoms with Crippen molar-refractivity contribution in [1.29, 1.82) is 0 Å². The number of hydrogen-bond acceptors (Lipinski definition) is 10. The quantitative estimate of drug-likeness (QED) is 0.278. The fourth-order valence-electron chi connectivity index (χ4n) is 9.20. The minimum atomic E-state index is -0.711. The van der Waals surface area contributed by atoms with Gasteiger partial charge in [0.05, 0.1) is 18.2 Å². The Labute approximate surface area is 270 Å². The minimum Gasteiger partial charge on any atom is -0.508 e. The van der Waals surface area contributed by atoms with Crippen LogP contribution in [0, 0.1) is 11.6 Å². The van der Waals surface area contributed by atoms with Crippen molar-refractivity contribution in [2.45, 2.75) is 81.6 Å². The smallest absolute Gasteiger partial charge is 0.319 e. The number of nitrogens with one attached hydrogen (secondary N) is 1. The van der Waals surface area contributed by atoms with E-state index < -0.39 is 11.6 Å². The highest BCUT2D eigenvalue weighted by Crippen LogP contribution is 2.46. The third-order valence-electron chi connectivity index (χ3n) is 11.4. The zero-order chi connectivity index (χ0) is 32.0. The first-order chi connectivity index (χ1) is 22.9. The number of anilines is 1. The number of aromatic hydroxyl groups is 1. The zero-order valence-electron chi connectivity index (χ0n) is 26.3. The molecule has 0 amide bonds. The average Bonchev–Trinajstić information content (AvgIpc) is 3.74. The summed E-state index contributed by atoms with van der Waals surface area (Å²) in [5.74, 6) is -0.453. The summed E-state index contributed by atoms with van der Waals surface area (Å²) in [6, 6.07) is 6.54. The minimum absolute atomic E-state index is 0.0166. The van der Waals surface area contributed by atoms with E-state index in [4.69, 9.17) is 24.4 Å². The van der Waals surface area contributed by atoms with Gasteiger partial charge in [0.15, 0.2) is 5.82 Å². The maximum absolute atomic E-state index is 17.1. The van der Waals surface area contributed by atoms with E-state index >= 15 is 8.78 Å². The third-order valence-corrected chi connectivity index (χ3v) is 11.4. The molecule has 7 heterocycles. The second-order valence-electron chi connectivity index (χ2n) is 13.9. The molecule has 4 saturated heterocycles. The van der Waals surface area contributed by atoms with Gasteiger partial charge in [0.1, 0.15) is 47.2 Å². The van der Waals surface area contributed by atoms with Crippen molar-refractivity contribution in [2.24, 2.45) is 0 Å². The van der Waals surface area contributed by atoms with Crippen molar-refractivity contribution in [3.05, 3.63) is 41.5 Å². The lowest BCUT2D eigenvalue weighted by Gasteiger charge is -2.40. The van der Waals surface area contributed by atoms with Gasteiger partial charge < -0.3 is 29.9 Å². The number of fused-ring (bicyclic) bond motifs is 7. The van der Waals surface area contributed by atoms with Gasteiger partial charge in [0, 0.05) is 30.2 Å². The highest BCUT2D eigenvalue weighted by atomic mass is 19.1. The van der Waals surface area contributed by atoms with Crippen LogP contribution in [-0.2, 0) is 6.42 Å². The van der Waals surface area contributed by atoms with E-state index in [-0.39, 0.29) is 70.7 Å². The molecule has 246 valence electrons. The Morgan fingerprint density at radius 3 is 2.85 bits per heavy atom. The molecule has 0 aliphatic carbocycles. The number of aliphatic hydroxyl groups is 1. The predicted molar refractivity (Wildman–Crippen MR) is 172 cm³/mol. The van der Waals surface area contributed by atoms with Crippen LogP contribution in [0.2, 0.25) is 0 Å². The monoisotopic (exact) mass is 644 g/mol. The summed E-state index contributed by atoms with van der Waals surface area (Å²) < 4.78 is 45.1. The average molecular weight is 645 g/mol. The van der Waals surface area contributed by atoms with Crippen LogP contribution in [0.4, 0.5) is 14.6 Å². The lowest BCUT2D eigenvalue weighted by molar-refractivity contribution is 0.0644. The number of pyridine rings is 1. The Morgan fingerprint density at radius 1 is 1.11 bits per heavy atom. The summed E-state index contributed by atoms with van der Waals surface area (Å²) in [6.45, 7) is 4.21. The Morgan fingerprint density at radius 2 is 2.00 bits per heavy atom. The number of benzene rings is 2. The highest BCUT2D eigenvalue weighted by molar-refractivity contribution is 6.03. The molecule has 0 spiro atoms. The van der Waals surface area contributed by atoms with Crippen LogP contribution in [0.1, 0.15) is 51.0 Å². The van der Waals surface area contributed by atoms with Gasteiger partial charge in [-0.15, -0.1) is 0 Å². The van der Waals surface area contributed by atoms with Crippen LogP contribution in [0.25, 0.3) is 32.9 Å². The van der Waals surface area contributed by atoms with Gasteiger partial charge >= 0.3 is 6.01 Å². The van der Waals surface area contributed by atoms with Crippen molar-refractivity contribution >= 4 is 27.5 Å². The van der Waals surface area contributed by atoms with Crippen LogP contribution >= 0.6 is 0 Å². The number of aliphatic hydroxyl groups excluding tert-OH is 1. The van der Waals surface area contributed by atoms with E-state index in [0.717, 1.165) is 45.1 Å². The second kappa shape index (κ2) is 10.8. The molecule has 12 heteroatoms. The summed E-state index contributed by atoms with van der Waals surface area (Å²) in [7, 11) is 0. The number of phenols is 1. The zero-order valence-corrected chi connectivity index (χ0v) is 26.3. The first-order valence-corrected chi connectivity index (χ1v) is 16.9. The molecule has 47 heavy (non-hydrogen) atoms. The van der Waals surface area contributed by atoms with Gasteiger partial charge in [-0.25, -0.2) is 13.8 Å². The Balaban J connectivity index is 1.23. The van der Waals surface area contributed by atoms with E-state index in [0.29, 0.717) is 53.7 Å². The number of aryl methyl sites for hydroxylation is 1. The van der Waals surface area contributed by atoms with Crippen molar-refractivity contribution in [3.63, 3.8) is 0 Å². The van der Waals surface area contributed by atoms with E-state index in [1.165, 1.54) is 12.1 Å². The largest absolute Gasteiger partial charge is 0.508 e. The molecule has 10 nitrogen and oxygen atoms in total. The van der Waals surface area contributed by atoms with E-state index in [2.05, 4.69) is 15.1 Å². The highest BCUT2D eigenvalue weighted by Gasteiger charge is 2.50. The van der Waals surface area contributed by atoms with E-state index in [1.807, 2.05) is 6.92 Å². The predicted octanol–water partition coefficient (Wildman–Crippen LogP) is 4.46. The van der Waals surface area contributed by atoms with E-state index in [1.54, 1.807) is 12.1 Å². The molecule has 3 N–H and O–H groups in total. The molecule has 5 aliphatic rings. The van der Waals surface area contributed by atoms with Crippen LogP contribution in [0.5, 0.6) is 17.6 Å². The number of nitrogens with zero attached hydrogens (tertiary/aromatic N) is 5. The molecule has 2 aromatic heterocycles. The van der Waals surface area contributed by atoms with Crippen LogP contribution in [0.3, 0.4) is 0 Å². The normalized spacial score (nSPS) is 28.0. The van der Waals surface area contributed by atoms with Crippen molar-refractivity contribution in [1.82, 2.24) is 25.2 Å². The number of piperazine rings is 1. The van der Waals surface area contributed by atoms with Crippen LogP contribution < -0.4 is 19.7 Å². The van der Waals surface area contributed by atoms with Crippen LogP contribution in [-0.4, -0.2) is 92.7 Å². The number of aromatic nitrogens is 3. The third kappa shape index (κ3) is 4.40. The number of hydrogen-bond donors (Lipinski definition) is 3. The summed E-state index contributed by atoms with van der Waals surface area (Å²) in [4.78, 5) is 19.0. The molecular weight excluding hydrogens is 606 g/mol. The van der Waals surface area contributed by atoms with Crippen molar-refractivity contribution < 1.29 is 28.5 Å². The number of phenolic OH excluding ortho intramolecular Hbond substituents is 1. The fraction of sp³-hybridized carbons (Fsp3) is 0.514. The number of ether oxygens (including phenoxy) is 2. The SMILES string of the molecule is CCc1c(F)ccc2cc(O)cc(-c3nc4c5c(nc(OC[C@]67CCCN6[C@@H](CO)CC7)nc5c3F)N3C[C@@H]5CC[C@@H](N5)[C@H]3CO4)c12. The molecule has 0 radical (unpaired) electrons. The molecular formula is C35H38F2N6O4. The summed E-state index contributed by atoms with van der Waals surface area (Å²) in [5.41, 5.74) is 0.403. The molecule has 0 saturated carbocycles. The molecule has 2 bridgehead atoms. The second-order valence-corrected chi connectivity index (χ2v) is 13.9. The summed E-state index contributed by atoms with van der Waals surface area (Å²) in [6.07, 6.45) is 6.19. The van der Waals surface area contributed by atoms with Gasteiger partial charge in [-0.1, -0.05) is 13.0 Å². The molecule has 4 fully saturated rings. The molecule has 5 atom stereocenters. The van der Waals surface area contributed by atoms with Crippen molar-refractivity contribution in [3.8, 4) is 28.9 Å². The lowest BCUT2D eigenvalue weighted by Crippen LogP contribution is -2.60. The standard InChI is InChI=1S/C35H38F2N6O4/c1-2-22-24(36)6-4-18-12-21(45)13-23(27(18)22)30-29(37)31-28-32(42-14-19-5-7-25(38-19)26(42)16-46-33(28)39-30)41-34(40-31)47-17-35-9-3-11-43(35)20(15-44)8-10-35/h4,6,12-13,19-20,25-26,38,44-45H,2-3,5,7-11,14-17H2,1H3/t19-,20+,25+,26+,35+/m0/s1. The molecule has 5 aliphatic heterocycles. The van der Waals surface area contributed by atoms with Gasteiger partial charge in [-0.3, -0.25) is 4.90 Å². The maximum atomic E-state index is 17.1. The van der Waals surface area contributed by atoms with Gasteiger partial charge in [0.2, 0.25) is 5.88 Å². The first kappa shape index (κ1) is 29.3. The van der Waals surface area contributed by atoms with Gasteiger partial charge in [-0.05, 0) is 86.0 Å². The van der Waals surface area contributed by atoms with Crippen LogP contribution in [0.15, 0.2) is 24.3 Å². The number of halogens is 2. The molecule has 2 aromatic carbocycles. The van der Waals surface area contributed by atoms with Crippen molar-refractivity contribution in [2.75, 3.05) is 37.8 Å². The molecule has 0 unspecified atom stereocenters. The van der Waals surface area contributed by atoms with Gasteiger partial charge in [-0.2, -0.15) is 9.97 Å². The summed E-state index contributed by atoms with van der Waals surface area (Å²) >= 11 is 0. The fourth-order valence-corrected chi connectivity index (χ4v) is 9.20. The Kier molecular flexibility index (Phi) is 6.75. The first-order valence-electron chi connectivity index (χ1n) is 16.9. The van der Waals surface area contributed by atoms with E-state index in [9.17, 15) is 10.2 Å². The molecule has 9 rings (SSSR count). The van der Waals surface area contributed by atoms with Gasteiger partial charge in [0.25, 0.3) is 0 Å². The number of rotatable bonds is 6. The molecule has 4 aromatic rings.